The second kappa shape index (κ2) is 10.6. The van der Waals surface area contributed by atoms with E-state index >= 15 is 0 Å². The van der Waals surface area contributed by atoms with Crippen molar-refractivity contribution in [2.75, 3.05) is 0 Å². The lowest BCUT2D eigenvalue weighted by Crippen LogP contribution is -2.58. The lowest BCUT2D eigenvalue weighted by molar-refractivity contribution is -0.164. The molecule has 0 amide bonds. The van der Waals surface area contributed by atoms with Crippen LogP contribution in [0.15, 0.2) is 0 Å². The van der Waals surface area contributed by atoms with Gasteiger partial charge in [0.05, 0.1) is 11.7 Å². The van der Waals surface area contributed by atoms with E-state index in [1.807, 2.05) is 6.92 Å². The third kappa shape index (κ3) is 5.74. The number of aliphatic hydroxyl groups excluding tert-OH is 1. The molecule has 0 bridgehead atoms. The molecule has 0 aliphatic heterocycles. The van der Waals surface area contributed by atoms with E-state index in [1.54, 1.807) is 0 Å². The van der Waals surface area contributed by atoms with Crippen LogP contribution in [-0.4, -0.2) is 60.1 Å². The van der Waals surface area contributed by atoms with Crippen LogP contribution in [-0.2, 0) is 29.2 Å². The lowest BCUT2D eigenvalue weighted by atomic mass is 9.44. The summed E-state index contributed by atoms with van der Waals surface area (Å²) >= 11 is 0. The van der Waals surface area contributed by atoms with Crippen molar-refractivity contribution >= 4 is 20.8 Å². The summed E-state index contributed by atoms with van der Waals surface area (Å²) in [4.78, 5) is 0. The van der Waals surface area contributed by atoms with E-state index in [1.165, 1.54) is 6.42 Å². The summed E-state index contributed by atoms with van der Waals surface area (Å²) in [5.41, 5.74) is -1.39. The first-order chi connectivity index (χ1) is 19.1. The predicted molar refractivity (Wildman–Crippen MR) is 156 cm³/mol. The molecule has 0 radical (unpaired) electrons. The molecule has 5 saturated carbocycles. The normalized spacial score (nSPS) is 48.7. The van der Waals surface area contributed by atoms with Crippen LogP contribution in [0.4, 0.5) is 0 Å². The fourth-order valence-electron chi connectivity index (χ4n) is 11.5. The molecular weight excluding hydrogens is 584 g/mol. The second-order valence-corrected chi connectivity index (χ2v) is 18.0. The van der Waals surface area contributed by atoms with Crippen LogP contribution in [0.1, 0.15) is 106 Å². The highest BCUT2D eigenvalue weighted by Crippen LogP contribution is 2.69. The Hall–Kier alpha value is -0.340. The van der Waals surface area contributed by atoms with Crippen molar-refractivity contribution in [3.8, 4) is 0 Å². The number of aliphatic hydroxyl groups is 2. The molecule has 42 heavy (non-hydrogen) atoms. The number of rotatable bonds is 9. The molecule has 7 unspecified atom stereocenters. The van der Waals surface area contributed by atoms with Gasteiger partial charge in [-0.1, -0.05) is 34.6 Å². The van der Waals surface area contributed by atoms with Crippen LogP contribution < -0.4 is 0 Å². The van der Waals surface area contributed by atoms with Crippen LogP contribution in [0, 0.1) is 57.7 Å². The zero-order valence-electron chi connectivity index (χ0n) is 25.9. The third-order valence-corrected chi connectivity index (χ3v) is 14.6. The van der Waals surface area contributed by atoms with Gasteiger partial charge < -0.3 is 10.2 Å². The quantitative estimate of drug-likeness (QED) is 0.258. The molecule has 13 atom stereocenters. The van der Waals surface area contributed by atoms with Crippen LogP contribution in [0.2, 0.25) is 0 Å². The van der Waals surface area contributed by atoms with Gasteiger partial charge in [-0.2, -0.15) is 16.8 Å². The SMILES string of the molecule is CC(C)C1(CCC(C)(O)[C@H]2[C@@H](O)CC3C4CCC5C[C@H](OS(=O)(=O)O)[C@@H](OS(=O)(=O)O)C[C@]5(C)C4CC[C@@]32C)CC1C. The number of fused-ring (bicyclic) bond motifs is 5. The molecule has 0 saturated heterocycles. The fraction of sp³-hybridized carbons (Fsp3) is 1.00. The second-order valence-electron chi connectivity index (χ2n) is 15.9. The van der Waals surface area contributed by atoms with Gasteiger partial charge in [-0.05, 0) is 123 Å². The largest absolute Gasteiger partial charge is 0.397 e. The monoisotopic (exact) mass is 636 g/mol. The molecule has 5 aliphatic carbocycles. The Bertz CT molecular complexity index is 1250. The molecule has 0 aromatic heterocycles. The van der Waals surface area contributed by atoms with Crippen LogP contribution >= 0.6 is 0 Å². The van der Waals surface area contributed by atoms with Crippen LogP contribution in [0.5, 0.6) is 0 Å². The number of hydrogen-bond donors (Lipinski definition) is 4. The first-order valence-electron chi connectivity index (χ1n) is 15.8. The van der Waals surface area contributed by atoms with Gasteiger partial charge in [0, 0.05) is 5.92 Å². The minimum Gasteiger partial charge on any atom is -0.393 e. The first-order valence-corrected chi connectivity index (χ1v) is 18.6. The van der Waals surface area contributed by atoms with Crippen molar-refractivity contribution in [2.24, 2.45) is 57.7 Å². The minimum absolute atomic E-state index is 0.00842. The molecule has 12 heteroatoms. The van der Waals surface area contributed by atoms with Gasteiger partial charge in [0.15, 0.2) is 0 Å². The topological polar surface area (TPSA) is 168 Å². The van der Waals surface area contributed by atoms with Gasteiger partial charge in [-0.3, -0.25) is 9.11 Å². The molecule has 0 aromatic rings. The van der Waals surface area contributed by atoms with Gasteiger partial charge in [0.2, 0.25) is 0 Å². The Kier molecular flexibility index (Phi) is 8.34. The molecule has 0 aromatic carbocycles. The van der Waals surface area contributed by atoms with Crippen molar-refractivity contribution in [3.63, 3.8) is 0 Å². The summed E-state index contributed by atoms with van der Waals surface area (Å²) in [6.45, 7) is 13.1. The Morgan fingerprint density at radius 2 is 1.50 bits per heavy atom. The number of hydrogen-bond acceptors (Lipinski definition) is 8. The average molecular weight is 637 g/mol. The first kappa shape index (κ1) is 33.0. The van der Waals surface area contributed by atoms with E-state index in [-0.39, 0.29) is 53.3 Å². The predicted octanol–water partition coefficient (Wildman–Crippen LogP) is 4.82. The van der Waals surface area contributed by atoms with E-state index in [0.717, 1.165) is 32.1 Å². The van der Waals surface area contributed by atoms with Gasteiger partial charge in [-0.25, -0.2) is 8.37 Å². The maximum atomic E-state index is 12.0. The summed E-state index contributed by atoms with van der Waals surface area (Å²) in [6, 6.07) is 0. The van der Waals surface area contributed by atoms with Crippen molar-refractivity contribution in [2.45, 2.75) is 130 Å². The molecule has 5 rings (SSSR count). The van der Waals surface area contributed by atoms with E-state index < -0.39 is 50.1 Å². The highest BCUT2D eigenvalue weighted by Gasteiger charge is 2.66. The highest BCUT2D eigenvalue weighted by atomic mass is 32.3. The summed E-state index contributed by atoms with van der Waals surface area (Å²) in [5, 5.41) is 23.6. The van der Waals surface area contributed by atoms with Gasteiger partial charge in [0.1, 0.15) is 12.2 Å². The minimum atomic E-state index is -4.90. The van der Waals surface area contributed by atoms with Gasteiger partial charge >= 0.3 is 20.8 Å². The molecule has 4 N–H and O–H groups in total. The van der Waals surface area contributed by atoms with Crippen molar-refractivity contribution < 1.29 is 44.5 Å². The molecule has 0 heterocycles. The smallest absolute Gasteiger partial charge is 0.393 e. The zero-order chi connectivity index (χ0) is 31.3. The van der Waals surface area contributed by atoms with Crippen molar-refractivity contribution in [1.82, 2.24) is 0 Å². The summed E-state index contributed by atoms with van der Waals surface area (Å²) in [7, 11) is -9.76. The average Bonchev–Trinajstić information content (AvgIpc) is 3.40. The zero-order valence-corrected chi connectivity index (χ0v) is 27.5. The maximum absolute atomic E-state index is 12.0. The molecule has 10 nitrogen and oxygen atoms in total. The Balaban J connectivity index is 1.37. The van der Waals surface area contributed by atoms with Crippen LogP contribution in [0.3, 0.4) is 0 Å². The molecular formula is C30H52O10S2. The van der Waals surface area contributed by atoms with E-state index in [0.29, 0.717) is 24.7 Å². The van der Waals surface area contributed by atoms with Gasteiger partial charge in [-0.15, -0.1) is 0 Å². The van der Waals surface area contributed by atoms with Gasteiger partial charge in [0.25, 0.3) is 0 Å². The highest BCUT2D eigenvalue weighted by molar-refractivity contribution is 7.81. The van der Waals surface area contributed by atoms with Crippen molar-refractivity contribution in [1.29, 1.82) is 0 Å². The van der Waals surface area contributed by atoms with Crippen LogP contribution in [0.25, 0.3) is 0 Å². The Morgan fingerprint density at radius 1 is 0.905 bits per heavy atom. The molecule has 0 spiro atoms. The van der Waals surface area contributed by atoms with E-state index in [9.17, 15) is 36.2 Å². The summed E-state index contributed by atoms with van der Waals surface area (Å²) in [6.07, 6.45) is 3.94. The van der Waals surface area contributed by atoms with Crippen molar-refractivity contribution in [3.05, 3.63) is 0 Å². The fourth-order valence-corrected chi connectivity index (χ4v) is 12.5. The molecule has 244 valence electrons. The molecule has 5 aliphatic rings. The van der Waals surface area contributed by atoms with E-state index in [2.05, 4.69) is 34.6 Å². The Labute approximate surface area is 252 Å². The Morgan fingerprint density at radius 3 is 2.05 bits per heavy atom. The standard InChI is InChI=1S/C30H52O10S2/c1-17(2)30(15-18(30)3)12-11-29(6,32)26-23(31)14-22-20-8-7-19-13-24(39-41(33,34)35)25(40-42(36,37)38)16-28(19,5)21(20)9-10-27(22,26)4/h17-26,31-32H,7-16H2,1-6H3,(H,33,34,35)(H,36,37,38)/t18?,19?,20?,21?,22?,23-,24-,25-,26-,27-,28-,29?,30?/m0/s1. The summed E-state index contributed by atoms with van der Waals surface area (Å²) < 4.78 is 75.1. The molecule has 5 fully saturated rings. The maximum Gasteiger partial charge on any atom is 0.397 e. The van der Waals surface area contributed by atoms with E-state index in [4.69, 9.17) is 8.37 Å². The third-order valence-electron chi connectivity index (χ3n) is 13.6. The lowest BCUT2D eigenvalue weighted by Gasteiger charge is -2.62. The summed E-state index contributed by atoms with van der Waals surface area (Å²) in [5.74, 6) is 1.58.